The third-order valence-corrected chi connectivity index (χ3v) is 5.60. The molecule has 1 aliphatic rings. The summed E-state index contributed by atoms with van der Waals surface area (Å²) in [4.78, 5) is 11.2. The van der Waals surface area contributed by atoms with E-state index >= 15 is 0 Å². The van der Waals surface area contributed by atoms with Gasteiger partial charge in [-0.25, -0.2) is 9.97 Å². The van der Waals surface area contributed by atoms with E-state index in [2.05, 4.69) is 28.3 Å². The van der Waals surface area contributed by atoms with Crippen LogP contribution in [0.3, 0.4) is 0 Å². The molecular formula is C15H21N3OS. The van der Waals surface area contributed by atoms with Crippen LogP contribution in [0.15, 0.2) is 12.4 Å². The quantitative estimate of drug-likeness (QED) is 0.858. The van der Waals surface area contributed by atoms with Crippen LogP contribution >= 0.6 is 11.3 Å². The molecule has 2 aromatic rings. The largest absolute Gasteiger partial charge is 0.396 e. The highest BCUT2D eigenvalue weighted by Gasteiger charge is 2.36. The highest BCUT2D eigenvalue weighted by molar-refractivity contribution is 7.18. The normalized spacial score (nSPS) is 17.1. The fraction of sp³-hybridized carbons (Fsp3) is 0.600. The van der Waals surface area contributed by atoms with Crippen LogP contribution in [0.5, 0.6) is 0 Å². The van der Waals surface area contributed by atoms with E-state index in [-0.39, 0.29) is 12.0 Å². The summed E-state index contributed by atoms with van der Waals surface area (Å²) < 4.78 is 0. The third kappa shape index (κ3) is 2.52. The maximum Gasteiger partial charge on any atom is 0.138 e. The van der Waals surface area contributed by atoms with Gasteiger partial charge in [-0.05, 0) is 37.2 Å². The number of aryl methyl sites for hydroxylation is 1. The van der Waals surface area contributed by atoms with E-state index in [0.29, 0.717) is 0 Å². The summed E-state index contributed by atoms with van der Waals surface area (Å²) in [6, 6.07) is 2.20. The second kappa shape index (κ2) is 5.66. The Balaban J connectivity index is 1.78. The molecule has 1 saturated carbocycles. The van der Waals surface area contributed by atoms with E-state index in [1.807, 2.05) is 0 Å². The standard InChI is InChI=1S/C15H21N3OS/c1-2-11-8-12-13(17-10-18-14(12)20-11)16-9-15(6-7-19)4-3-5-15/h8,10,19H,2-7,9H2,1H3,(H,16,17,18). The number of nitrogens with zero attached hydrogens (tertiary/aromatic N) is 2. The molecule has 0 bridgehead atoms. The van der Waals surface area contributed by atoms with Gasteiger partial charge >= 0.3 is 0 Å². The van der Waals surface area contributed by atoms with E-state index in [1.54, 1.807) is 17.7 Å². The minimum absolute atomic E-state index is 0.273. The number of thiophene rings is 1. The van der Waals surface area contributed by atoms with Crippen molar-refractivity contribution in [2.45, 2.75) is 39.0 Å². The van der Waals surface area contributed by atoms with Crippen LogP contribution in [-0.4, -0.2) is 28.2 Å². The van der Waals surface area contributed by atoms with Gasteiger partial charge in [-0.2, -0.15) is 0 Å². The van der Waals surface area contributed by atoms with Gasteiger partial charge in [0.25, 0.3) is 0 Å². The summed E-state index contributed by atoms with van der Waals surface area (Å²) >= 11 is 1.74. The van der Waals surface area contributed by atoms with Crippen molar-refractivity contribution in [2.75, 3.05) is 18.5 Å². The maximum atomic E-state index is 9.22. The highest BCUT2D eigenvalue weighted by atomic mass is 32.1. The molecule has 5 heteroatoms. The van der Waals surface area contributed by atoms with Gasteiger partial charge in [-0.15, -0.1) is 11.3 Å². The van der Waals surface area contributed by atoms with Crippen molar-refractivity contribution in [3.05, 3.63) is 17.3 Å². The molecule has 2 aromatic heterocycles. The number of hydrogen-bond donors (Lipinski definition) is 2. The number of hydrogen-bond acceptors (Lipinski definition) is 5. The van der Waals surface area contributed by atoms with E-state index in [1.165, 1.54) is 24.1 Å². The molecule has 0 spiro atoms. The van der Waals surface area contributed by atoms with E-state index in [9.17, 15) is 5.11 Å². The van der Waals surface area contributed by atoms with Gasteiger partial charge in [0.15, 0.2) is 0 Å². The first kappa shape index (κ1) is 13.8. The van der Waals surface area contributed by atoms with Crippen molar-refractivity contribution in [3.63, 3.8) is 0 Å². The minimum atomic E-state index is 0.273. The first-order valence-corrected chi connectivity index (χ1v) is 8.16. The van der Waals surface area contributed by atoms with Gasteiger partial charge in [-0.3, -0.25) is 0 Å². The van der Waals surface area contributed by atoms with Crippen molar-refractivity contribution in [3.8, 4) is 0 Å². The molecule has 0 saturated heterocycles. The average molecular weight is 291 g/mol. The molecule has 4 nitrogen and oxygen atoms in total. The Morgan fingerprint density at radius 2 is 2.25 bits per heavy atom. The molecule has 1 fully saturated rings. The van der Waals surface area contributed by atoms with Crippen molar-refractivity contribution >= 4 is 27.4 Å². The zero-order valence-electron chi connectivity index (χ0n) is 11.9. The fourth-order valence-electron chi connectivity index (χ4n) is 2.92. The summed E-state index contributed by atoms with van der Waals surface area (Å²) in [5, 5.41) is 13.8. The van der Waals surface area contributed by atoms with Crippen LogP contribution in [0.2, 0.25) is 0 Å². The number of aliphatic hydroxyl groups is 1. The summed E-state index contributed by atoms with van der Waals surface area (Å²) in [6.07, 6.45) is 7.25. The minimum Gasteiger partial charge on any atom is -0.396 e. The third-order valence-electron chi connectivity index (χ3n) is 4.42. The molecule has 2 heterocycles. The van der Waals surface area contributed by atoms with E-state index in [0.717, 1.165) is 35.4 Å². The Labute approximate surface area is 123 Å². The van der Waals surface area contributed by atoms with Gasteiger partial charge in [0.05, 0.1) is 5.39 Å². The highest BCUT2D eigenvalue weighted by Crippen LogP contribution is 2.44. The van der Waals surface area contributed by atoms with Gasteiger partial charge in [0.2, 0.25) is 0 Å². The van der Waals surface area contributed by atoms with Gasteiger partial charge in [0, 0.05) is 18.0 Å². The van der Waals surface area contributed by atoms with E-state index in [4.69, 9.17) is 0 Å². The van der Waals surface area contributed by atoms with Gasteiger partial charge in [-0.1, -0.05) is 13.3 Å². The molecule has 1 aliphatic carbocycles. The number of aliphatic hydroxyl groups excluding tert-OH is 1. The number of rotatable bonds is 6. The Bertz CT molecular complexity index is 592. The maximum absolute atomic E-state index is 9.22. The van der Waals surface area contributed by atoms with Crippen molar-refractivity contribution in [2.24, 2.45) is 5.41 Å². The molecular weight excluding hydrogens is 270 g/mol. The lowest BCUT2D eigenvalue weighted by Gasteiger charge is -2.42. The Morgan fingerprint density at radius 1 is 1.40 bits per heavy atom. The van der Waals surface area contributed by atoms with Crippen LogP contribution in [0, 0.1) is 5.41 Å². The van der Waals surface area contributed by atoms with Crippen LogP contribution in [-0.2, 0) is 6.42 Å². The fourth-order valence-corrected chi connectivity index (χ4v) is 3.86. The first-order valence-electron chi connectivity index (χ1n) is 7.34. The summed E-state index contributed by atoms with van der Waals surface area (Å²) in [5.74, 6) is 0.940. The summed E-state index contributed by atoms with van der Waals surface area (Å²) in [7, 11) is 0. The SMILES string of the molecule is CCc1cc2c(NCC3(CCO)CCC3)ncnc2s1. The number of fused-ring (bicyclic) bond motifs is 1. The lowest BCUT2D eigenvalue weighted by Crippen LogP contribution is -2.37. The monoisotopic (exact) mass is 291 g/mol. The average Bonchev–Trinajstić information content (AvgIpc) is 2.85. The molecule has 0 unspecified atom stereocenters. The first-order chi connectivity index (χ1) is 9.76. The number of nitrogens with one attached hydrogen (secondary N) is 1. The Kier molecular flexibility index (Phi) is 3.89. The topological polar surface area (TPSA) is 58.0 Å². The lowest BCUT2D eigenvalue weighted by atomic mass is 9.67. The second-order valence-electron chi connectivity index (χ2n) is 5.69. The molecule has 0 aromatic carbocycles. The number of anilines is 1. The second-order valence-corrected chi connectivity index (χ2v) is 6.80. The predicted octanol–water partition coefficient (Wildman–Crippen LogP) is 3.22. The van der Waals surface area contributed by atoms with Crippen molar-refractivity contribution in [1.82, 2.24) is 9.97 Å². The summed E-state index contributed by atoms with van der Waals surface area (Å²) in [6.45, 7) is 3.34. The van der Waals surface area contributed by atoms with Crippen molar-refractivity contribution < 1.29 is 5.11 Å². The lowest BCUT2D eigenvalue weighted by molar-refractivity contribution is 0.102. The molecule has 2 N–H and O–H groups in total. The van der Waals surface area contributed by atoms with Crippen LogP contribution in [0.1, 0.15) is 37.5 Å². The van der Waals surface area contributed by atoms with Gasteiger partial charge < -0.3 is 10.4 Å². The zero-order chi connectivity index (χ0) is 14.0. The summed E-state index contributed by atoms with van der Waals surface area (Å²) in [5.41, 5.74) is 0.273. The van der Waals surface area contributed by atoms with E-state index < -0.39 is 0 Å². The molecule has 0 atom stereocenters. The van der Waals surface area contributed by atoms with Crippen molar-refractivity contribution in [1.29, 1.82) is 0 Å². The molecule has 3 rings (SSSR count). The van der Waals surface area contributed by atoms with Crippen LogP contribution in [0.4, 0.5) is 5.82 Å². The molecule has 20 heavy (non-hydrogen) atoms. The van der Waals surface area contributed by atoms with Gasteiger partial charge in [0.1, 0.15) is 17.0 Å². The smallest absolute Gasteiger partial charge is 0.138 e. The number of aromatic nitrogens is 2. The molecule has 0 aliphatic heterocycles. The van der Waals surface area contributed by atoms with Crippen LogP contribution in [0.25, 0.3) is 10.2 Å². The Hall–Kier alpha value is -1.20. The molecule has 108 valence electrons. The molecule has 0 amide bonds. The zero-order valence-corrected chi connectivity index (χ0v) is 12.7. The Morgan fingerprint density at radius 3 is 2.90 bits per heavy atom. The van der Waals surface area contributed by atoms with Crippen LogP contribution < -0.4 is 5.32 Å². The predicted molar refractivity (Wildman–Crippen MR) is 83.3 cm³/mol. The molecule has 0 radical (unpaired) electrons.